The summed E-state index contributed by atoms with van der Waals surface area (Å²) in [6.07, 6.45) is 4.64. The van der Waals surface area contributed by atoms with Gasteiger partial charge in [-0.25, -0.2) is 4.79 Å². The molecule has 0 aromatic heterocycles. The van der Waals surface area contributed by atoms with E-state index >= 15 is 0 Å². The number of hydrogen-bond acceptors (Lipinski definition) is 2. The number of hydrogen-bond donors (Lipinski definition) is 1. The number of thioether (sulfide) groups is 1. The van der Waals surface area contributed by atoms with E-state index in [0.29, 0.717) is 11.5 Å². The second-order valence-corrected chi connectivity index (χ2v) is 7.54. The van der Waals surface area contributed by atoms with Crippen molar-refractivity contribution < 1.29 is 9.90 Å². The molecule has 0 fully saturated rings. The molecule has 1 unspecified atom stereocenters. The molecular weight excluding hydrogens is 316 g/mol. The largest absolute Gasteiger partial charge is 0.478 e. The Kier molecular flexibility index (Phi) is 5.10. The van der Waals surface area contributed by atoms with Gasteiger partial charge in [-0.3, -0.25) is 0 Å². The molecular formula is C21H22O2S. The summed E-state index contributed by atoms with van der Waals surface area (Å²) in [5.41, 5.74) is 5.24. The number of aromatic carboxylic acids is 1. The Bertz CT molecular complexity index is 775. The summed E-state index contributed by atoms with van der Waals surface area (Å²) in [6.45, 7) is 4.43. The summed E-state index contributed by atoms with van der Waals surface area (Å²) in [6, 6.07) is 13.8. The number of carbonyl (C=O) groups is 1. The molecule has 3 rings (SSSR count). The summed E-state index contributed by atoms with van der Waals surface area (Å²) in [5.74, 6) is 0.929. The molecule has 24 heavy (non-hydrogen) atoms. The monoisotopic (exact) mass is 338 g/mol. The van der Waals surface area contributed by atoms with Gasteiger partial charge in [-0.05, 0) is 71.9 Å². The Labute approximate surface area is 147 Å². The van der Waals surface area contributed by atoms with Crippen LogP contribution in [0.25, 0.3) is 11.6 Å². The third-order valence-electron chi connectivity index (χ3n) is 4.58. The van der Waals surface area contributed by atoms with E-state index in [1.54, 1.807) is 12.1 Å². The minimum Gasteiger partial charge on any atom is -0.478 e. The SMILES string of the molecule is C/C(=C\c1ccc(C(=O)O)cc1)c1ccc2c(c1)C(C)CCCS2. The molecule has 1 N–H and O–H groups in total. The van der Waals surface area contributed by atoms with Crippen molar-refractivity contribution in [1.82, 2.24) is 0 Å². The summed E-state index contributed by atoms with van der Waals surface area (Å²) in [5, 5.41) is 8.98. The van der Waals surface area contributed by atoms with Crippen molar-refractivity contribution in [3.8, 4) is 0 Å². The first kappa shape index (κ1) is 16.8. The predicted molar refractivity (Wildman–Crippen MR) is 102 cm³/mol. The molecule has 0 radical (unpaired) electrons. The normalized spacial score (nSPS) is 17.9. The molecule has 0 aliphatic carbocycles. The van der Waals surface area contributed by atoms with Gasteiger partial charge in [-0.1, -0.05) is 37.3 Å². The van der Waals surface area contributed by atoms with E-state index in [0.717, 1.165) is 5.56 Å². The number of rotatable bonds is 3. The van der Waals surface area contributed by atoms with Gasteiger partial charge in [-0.2, -0.15) is 0 Å². The van der Waals surface area contributed by atoms with E-state index in [9.17, 15) is 4.79 Å². The third-order valence-corrected chi connectivity index (χ3v) is 5.75. The summed E-state index contributed by atoms with van der Waals surface area (Å²) < 4.78 is 0. The van der Waals surface area contributed by atoms with Crippen LogP contribution in [0, 0.1) is 0 Å². The van der Waals surface area contributed by atoms with Crippen molar-refractivity contribution in [2.24, 2.45) is 0 Å². The Morgan fingerprint density at radius 1 is 1.17 bits per heavy atom. The lowest BCUT2D eigenvalue weighted by Crippen LogP contribution is -1.95. The first-order chi connectivity index (χ1) is 11.5. The first-order valence-electron chi connectivity index (χ1n) is 8.33. The molecule has 3 heteroatoms. The van der Waals surface area contributed by atoms with Crippen LogP contribution in [-0.2, 0) is 0 Å². The molecule has 0 saturated carbocycles. The fourth-order valence-electron chi connectivity index (χ4n) is 3.09. The van der Waals surface area contributed by atoms with Crippen LogP contribution in [-0.4, -0.2) is 16.8 Å². The summed E-state index contributed by atoms with van der Waals surface area (Å²) >= 11 is 1.97. The van der Waals surface area contributed by atoms with Crippen LogP contribution in [0.1, 0.15) is 59.7 Å². The zero-order chi connectivity index (χ0) is 17.1. The van der Waals surface area contributed by atoms with Crippen LogP contribution in [0.3, 0.4) is 0 Å². The molecule has 2 aromatic carbocycles. The molecule has 0 amide bonds. The molecule has 1 aliphatic rings. The number of benzene rings is 2. The van der Waals surface area contributed by atoms with Gasteiger partial charge in [0.25, 0.3) is 0 Å². The predicted octanol–water partition coefficient (Wildman–Crippen LogP) is 5.93. The van der Waals surface area contributed by atoms with Crippen LogP contribution in [0.5, 0.6) is 0 Å². The van der Waals surface area contributed by atoms with Crippen molar-refractivity contribution >= 4 is 29.4 Å². The maximum atomic E-state index is 10.9. The van der Waals surface area contributed by atoms with E-state index < -0.39 is 5.97 Å². The Hall–Kier alpha value is -2.00. The van der Waals surface area contributed by atoms with E-state index in [2.05, 4.69) is 38.1 Å². The molecule has 2 nitrogen and oxygen atoms in total. The van der Waals surface area contributed by atoms with E-state index in [4.69, 9.17) is 5.11 Å². The van der Waals surface area contributed by atoms with Gasteiger partial charge in [0.1, 0.15) is 0 Å². The fourth-order valence-corrected chi connectivity index (χ4v) is 4.21. The zero-order valence-corrected chi connectivity index (χ0v) is 14.9. The summed E-state index contributed by atoms with van der Waals surface area (Å²) in [7, 11) is 0. The lowest BCUT2D eigenvalue weighted by Gasteiger charge is -2.14. The van der Waals surface area contributed by atoms with Crippen molar-refractivity contribution in [2.45, 2.75) is 37.5 Å². The van der Waals surface area contributed by atoms with E-state index in [-0.39, 0.29) is 0 Å². The van der Waals surface area contributed by atoms with Crippen LogP contribution in [0.15, 0.2) is 47.4 Å². The van der Waals surface area contributed by atoms with Crippen LogP contribution < -0.4 is 0 Å². The topological polar surface area (TPSA) is 37.3 Å². The van der Waals surface area contributed by atoms with Gasteiger partial charge in [0, 0.05) is 4.90 Å². The van der Waals surface area contributed by atoms with Crippen molar-refractivity contribution in [2.75, 3.05) is 5.75 Å². The van der Waals surface area contributed by atoms with Gasteiger partial charge in [0.2, 0.25) is 0 Å². The Balaban J connectivity index is 1.89. The van der Waals surface area contributed by atoms with Gasteiger partial charge in [0.15, 0.2) is 0 Å². The minimum absolute atomic E-state index is 0.320. The molecule has 0 saturated heterocycles. The second kappa shape index (κ2) is 7.27. The standard InChI is InChI=1S/C21H22O2S/c1-14-4-3-11-24-20-10-9-18(13-19(14)20)15(2)12-16-5-7-17(8-6-16)21(22)23/h5-10,12-14H,3-4,11H2,1-2H3,(H,22,23)/b15-12+. The van der Waals surface area contributed by atoms with Crippen molar-refractivity contribution in [1.29, 1.82) is 0 Å². The maximum Gasteiger partial charge on any atom is 0.335 e. The second-order valence-electron chi connectivity index (χ2n) is 6.40. The molecule has 124 valence electrons. The van der Waals surface area contributed by atoms with Gasteiger partial charge < -0.3 is 5.11 Å². The average Bonchev–Trinajstić information content (AvgIpc) is 2.76. The van der Waals surface area contributed by atoms with Crippen molar-refractivity contribution in [3.05, 3.63) is 64.7 Å². The van der Waals surface area contributed by atoms with E-state index in [1.165, 1.54) is 40.2 Å². The first-order valence-corrected chi connectivity index (χ1v) is 9.32. The average molecular weight is 338 g/mol. The number of allylic oxidation sites excluding steroid dienone is 1. The highest BCUT2D eigenvalue weighted by Crippen LogP contribution is 2.37. The molecule has 1 aliphatic heterocycles. The molecule has 1 heterocycles. The lowest BCUT2D eigenvalue weighted by molar-refractivity contribution is 0.0697. The quantitative estimate of drug-likeness (QED) is 0.704. The minimum atomic E-state index is -0.889. The summed E-state index contributed by atoms with van der Waals surface area (Å²) in [4.78, 5) is 12.4. The molecule has 1 atom stereocenters. The maximum absolute atomic E-state index is 10.9. The highest BCUT2D eigenvalue weighted by molar-refractivity contribution is 7.99. The van der Waals surface area contributed by atoms with Gasteiger partial charge in [-0.15, -0.1) is 11.8 Å². The van der Waals surface area contributed by atoms with E-state index in [1.807, 2.05) is 23.9 Å². The highest BCUT2D eigenvalue weighted by Gasteiger charge is 2.16. The molecule has 0 spiro atoms. The van der Waals surface area contributed by atoms with Gasteiger partial charge in [0.05, 0.1) is 5.56 Å². The number of fused-ring (bicyclic) bond motifs is 1. The smallest absolute Gasteiger partial charge is 0.335 e. The van der Waals surface area contributed by atoms with Crippen LogP contribution >= 0.6 is 11.8 Å². The lowest BCUT2D eigenvalue weighted by atomic mass is 9.93. The molecule has 0 bridgehead atoms. The zero-order valence-electron chi connectivity index (χ0n) is 14.1. The van der Waals surface area contributed by atoms with Crippen LogP contribution in [0.2, 0.25) is 0 Å². The molecule has 2 aromatic rings. The number of carboxylic acid groups (broad SMARTS) is 1. The Morgan fingerprint density at radius 2 is 1.88 bits per heavy atom. The third kappa shape index (κ3) is 3.73. The van der Waals surface area contributed by atoms with Crippen molar-refractivity contribution in [3.63, 3.8) is 0 Å². The highest BCUT2D eigenvalue weighted by atomic mass is 32.2. The van der Waals surface area contributed by atoms with Gasteiger partial charge >= 0.3 is 5.97 Å². The van der Waals surface area contributed by atoms with Crippen LogP contribution in [0.4, 0.5) is 0 Å². The fraction of sp³-hybridized carbons (Fsp3) is 0.286. The number of carboxylic acids is 1. The Morgan fingerprint density at radius 3 is 2.58 bits per heavy atom.